The third-order valence-corrected chi connectivity index (χ3v) is 7.29. The van der Waals surface area contributed by atoms with Gasteiger partial charge in [0.25, 0.3) is 11.8 Å². The van der Waals surface area contributed by atoms with E-state index < -0.39 is 6.04 Å². The Hall–Kier alpha value is -4.66. The van der Waals surface area contributed by atoms with Crippen molar-refractivity contribution in [2.45, 2.75) is 19.5 Å². The average molecular weight is 535 g/mol. The van der Waals surface area contributed by atoms with Crippen LogP contribution in [0, 0.1) is 6.92 Å². The number of nitrogens with two attached hydrogens (primary N) is 1. The Balaban J connectivity index is 1.42. The predicted octanol–water partition coefficient (Wildman–Crippen LogP) is 5.67. The van der Waals surface area contributed by atoms with Crippen LogP contribution in [0.5, 0.6) is 0 Å². The SMILES string of the molecule is Cc1cccc(C(=O)Nc2ccc3nc(C(=O)C(NC(=O)c4ccccc4)c4ccc(CN)cc4)sc3c2)c1. The first kappa shape index (κ1) is 26.0. The molecule has 39 heavy (non-hydrogen) atoms. The topological polar surface area (TPSA) is 114 Å². The van der Waals surface area contributed by atoms with Gasteiger partial charge in [0.1, 0.15) is 6.04 Å². The van der Waals surface area contributed by atoms with E-state index in [2.05, 4.69) is 15.6 Å². The molecule has 194 valence electrons. The quantitative estimate of drug-likeness (QED) is 0.222. The van der Waals surface area contributed by atoms with Crippen molar-refractivity contribution in [3.05, 3.63) is 130 Å². The minimum Gasteiger partial charge on any atom is -0.338 e. The normalized spacial score (nSPS) is 11.6. The monoisotopic (exact) mass is 534 g/mol. The van der Waals surface area contributed by atoms with Gasteiger partial charge in [-0.15, -0.1) is 11.3 Å². The molecule has 4 aromatic carbocycles. The molecule has 0 spiro atoms. The molecule has 4 N–H and O–H groups in total. The number of thiazole rings is 1. The van der Waals surface area contributed by atoms with Crippen LogP contribution in [0.4, 0.5) is 5.69 Å². The van der Waals surface area contributed by atoms with Crippen molar-refractivity contribution in [3.8, 4) is 0 Å². The van der Waals surface area contributed by atoms with Gasteiger partial charge in [0.2, 0.25) is 5.78 Å². The number of aromatic nitrogens is 1. The van der Waals surface area contributed by atoms with E-state index in [0.29, 0.717) is 34.4 Å². The van der Waals surface area contributed by atoms with Crippen LogP contribution in [0.3, 0.4) is 0 Å². The Bertz CT molecular complexity index is 1660. The molecule has 1 aromatic heterocycles. The highest BCUT2D eigenvalue weighted by molar-refractivity contribution is 7.20. The molecule has 0 aliphatic heterocycles. The van der Waals surface area contributed by atoms with Gasteiger partial charge in [0, 0.05) is 23.4 Å². The molecular weight excluding hydrogens is 508 g/mol. The molecule has 5 rings (SSSR count). The second kappa shape index (κ2) is 11.4. The molecule has 1 unspecified atom stereocenters. The highest BCUT2D eigenvalue weighted by Gasteiger charge is 2.27. The Labute approximate surface area is 229 Å². The van der Waals surface area contributed by atoms with Gasteiger partial charge in [-0.05, 0) is 60.5 Å². The number of carbonyl (C=O) groups is 3. The number of Topliss-reactive ketones (excluding diaryl/α,β-unsaturated/α-hetero) is 1. The first-order valence-electron chi connectivity index (χ1n) is 12.4. The van der Waals surface area contributed by atoms with E-state index in [1.807, 2.05) is 43.3 Å². The largest absolute Gasteiger partial charge is 0.338 e. The van der Waals surface area contributed by atoms with Crippen LogP contribution >= 0.6 is 11.3 Å². The summed E-state index contributed by atoms with van der Waals surface area (Å²) in [6.45, 7) is 2.30. The molecule has 0 saturated carbocycles. The average Bonchev–Trinajstić information content (AvgIpc) is 3.39. The van der Waals surface area contributed by atoms with E-state index in [9.17, 15) is 14.4 Å². The molecule has 5 aromatic rings. The molecule has 0 saturated heterocycles. The number of carbonyl (C=O) groups excluding carboxylic acids is 3. The molecule has 0 fully saturated rings. The van der Waals surface area contributed by atoms with Crippen molar-refractivity contribution in [1.29, 1.82) is 0 Å². The number of nitrogens with one attached hydrogen (secondary N) is 2. The maximum Gasteiger partial charge on any atom is 0.255 e. The summed E-state index contributed by atoms with van der Waals surface area (Å²) in [4.78, 5) is 44.0. The molecular formula is C31H26N4O3S. The molecule has 7 nitrogen and oxygen atoms in total. The molecule has 0 aliphatic rings. The number of aryl methyl sites for hydroxylation is 1. The number of ketones is 1. The van der Waals surface area contributed by atoms with E-state index in [1.165, 1.54) is 11.3 Å². The maximum atomic E-state index is 13.8. The van der Waals surface area contributed by atoms with Crippen molar-refractivity contribution < 1.29 is 14.4 Å². The third kappa shape index (κ3) is 5.93. The van der Waals surface area contributed by atoms with E-state index in [0.717, 1.165) is 15.8 Å². The van der Waals surface area contributed by atoms with Gasteiger partial charge in [0.15, 0.2) is 5.01 Å². The lowest BCUT2D eigenvalue weighted by molar-refractivity contribution is 0.0857. The first-order valence-corrected chi connectivity index (χ1v) is 13.2. The van der Waals surface area contributed by atoms with Gasteiger partial charge in [-0.1, -0.05) is 60.2 Å². The van der Waals surface area contributed by atoms with Crippen molar-refractivity contribution in [2.24, 2.45) is 5.73 Å². The zero-order chi connectivity index (χ0) is 27.4. The summed E-state index contributed by atoms with van der Waals surface area (Å²) >= 11 is 1.22. The zero-order valence-corrected chi connectivity index (χ0v) is 22.0. The van der Waals surface area contributed by atoms with Crippen LogP contribution < -0.4 is 16.4 Å². The van der Waals surface area contributed by atoms with Crippen LogP contribution in [-0.2, 0) is 6.54 Å². The first-order chi connectivity index (χ1) is 18.9. The van der Waals surface area contributed by atoms with Crippen LogP contribution in [0.2, 0.25) is 0 Å². The summed E-state index contributed by atoms with van der Waals surface area (Å²) < 4.78 is 0.743. The summed E-state index contributed by atoms with van der Waals surface area (Å²) in [6, 6.07) is 27.7. The summed E-state index contributed by atoms with van der Waals surface area (Å²) in [6.07, 6.45) is 0. The van der Waals surface area contributed by atoms with Crippen molar-refractivity contribution in [1.82, 2.24) is 10.3 Å². The van der Waals surface area contributed by atoms with Crippen molar-refractivity contribution >= 4 is 44.8 Å². The van der Waals surface area contributed by atoms with Crippen LogP contribution in [-0.4, -0.2) is 22.6 Å². The van der Waals surface area contributed by atoms with Crippen molar-refractivity contribution in [3.63, 3.8) is 0 Å². The van der Waals surface area contributed by atoms with Crippen LogP contribution in [0.1, 0.15) is 53.3 Å². The number of benzene rings is 4. The Kier molecular flexibility index (Phi) is 7.58. The lowest BCUT2D eigenvalue weighted by Crippen LogP contribution is -2.34. The number of amides is 2. The van der Waals surface area contributed by atoms with Crippen molar-refractivity contribution in [2.75, 3.05) is 5.32 Å². The van der Waals surface area contributed by atoms with E-state index in [1.54, 1.807) is 60.7 Å². The third-order valence-electron chi connectivity index (χ3n) is 6.26. The molecule has 2 amide bonds. The highest BCUT2D eigenvalue weighted by Crippen LogP contribution is 2.29. The minimum absolute atomic E-state index is 0.219. The maximum absolute atomic E-state index is 13.8. The Morgan fingerprint density at radius 1 is 0.846 bits per heavy atom. The number of hydrogen-bond donors (Lipinski definition) is 3. The number of nitrogens with zero attached hydrogens (tertiary/aromatic N) is 1. The highest BCUT2D eigenvalue weighted by atomic mass is 32.1. The lowest BCUT2D eigenvalue weighted by Gasteiger charge is -2.17. The van der Waals surface area contributed by atoms with E-state index >= 15 is 0 Å². The summed E-state index contributed by atoms with van der Waals surface area (Å²) in [5, 5.41) is 6.05. The molecule has 1 heterocycles. The summed E-state index contributed by atoms with van der Waals surface area (Å²) in [5.41, 5.74) is 10.5. The van der Waals surface area contributed by atoms with Gasteiger partial charge in [-0.3, -0.25) is 14.4 Å². The van der Waals surface area contributed by atoms with Gasteiger partial charge in [-0.2, -0.15) is 0 Å². The molecule has 0 radical (unpaired) electrons. The lowest BCUT2D eigenvalue weighted by atomic mass is 10.0. The summed E-state index contributed by atoms with van der Waals surface area (Å²) in [5.74, 6) is -0.908. The molecule has 8 heteroatoms. The number of fused-ring (bicyclic) bond motifs is 1. The predicted molar refractivity (Wildman–Crippen MR) is 154 cm³/mol. The van der Waals surface area contributed by atoms with Crippen LogP contribution in [0.15, 0.2) is 97.1 Å². The number of anilines is 1. The molecule has 0 aliphatic carbocycles. The Morgan fingerprint density at radius 2 is 1.59 bits per heavy atom. The number of hydrogen-bond acceptors (Lipinski definition) is 6. The second-order valence-electron chi connectivity index (χ2n) is 9.11. The van der Waals surface area contributed by atoms with Gasteiger partial charge in [0.05, 0.1) is 10.2 Å². The zero-order valence-electron chi connectivity index (χ0n) is 21.2. The van der Waals surface area contributed by atoms with E-state index in [4.69, 9.17) is 5.73 Å². The van der Waals surface area contributed by atoms with Gasteiger partial charge in [-0.25, -0.2) is 4.98 Å². The summed E-state index contributed by atoms with van der Waals surface area (Å²) in [7, 11) is 0. The molecule has 1 atom stereocenters. The van der Waals surface area contributed by atoms with Gasteiger partial charge >= 0.3 is 0 Å². The fourth-order valence-corrected chi connectivity index (χ4v) is 5.15. The number of rotatable bonds is 8. The standard InChI is InChI=1S/C31H26N4O3S/c1-19-6-5-9-23(16-19)30(38)33-24-14-15-25-26(17-24)39-31(34-25)28(36)27(21-12-10-20(18-32)11-13-21)35-29(37)22-7-3-2-4-8-22/h2-17,27H,18,32H2,1H3,(H,33,38)(H,35,37). The second-order valence-corrected chi connectivity index (χ2v) is 10.1. The smallest absolute Gasteiger partial charge is 0.255 e. The molecule has 0 bridgehead atoms. The van der Waals surface area contributed by atoms with Gasteiger partial charge < -0.3 is 16.4 Å². The fourth-order valence-electron chi connectivity index (χ4n) is 4.17. The van der Waals surface area contributed by atoms with E-state index in [-0.39, 0.29) is 22.6 Å². The van der Waals surface area contributed by atoms with Crippen LogP contribution in [0.25, 0.3) is 10.2 Å². The Morgan fingerprint density at radius 3 is 2.31 bits per heavy atom. The fraction of sp³-hybridized carbons (Fsp3) is 0.0968. The minimum atomic E-state index is -0.939.